The van der Waals surface area contributed by atoms with Gasteiger partial charge in [-0.25, -0.2) is 4.68 Å². The van der Waals surface area contributed by atoms with Crippen LogP contribution in [0.5, 0.6) is 5.75 Å². The Hall–Kier alpha value is -2.30. The molecule has 1 amide bonds. The van der Waals surface area contributed by atoms with Gasteiger partial charge < -0.3 is 10.1 Å². The lowest BCUT2D eigenvalue weighted by Crippen LogP contribution is -2.18. The second-order valence-electron chi connectivity index (χ2n) is 4.57. The molecule has 0 bridgehead atoms. The van der Waals surface area contributed by atoms with Crippen molar-refractivity contribution in [2.24, 2.45) is 0 Å². The molecule has 5 nitrogen and oxygen atoms in total. The van der Waals surface area contributed by atoms with Crippen LogP contribution in [0.1, 0.15) is 36.7 Å². The van der Waals surface area contributed by atoms with Crippen molar-refractivity contribution in [3.8, 4) is 5.75 Å². The first-order valence-corrected chi connectivity index (χ1v) is 6.65. The monoisotopic (exact) mass is 273 g/mol. The number of methoxy groups -OCH3 is 1. The minimum absolute atomic E-state index is 0.201. The number of carbonyl (C=O) groups excluding carboxylic acids is 1. The van der Waals surface area contributed by atoms with Gasteiger partial charge in [0.1, 0.15) is 11.6 Å². The molecule has 0 unspecified atom stereocenters. The van der Waals surface area contributed by atoms with E-state index in [1.807, 2.05) is 16.8 Å². The Kier molecular flexibility index (Phi) is 4.40. The first-order chi connectivity index (χ1) is 9.67. The van der Waals surface area contributed by atoms with Gasteiger partial charge in [-0.1, -0.05) is 19.1 Å². The zero-order valence-corrected chi connectivity index (χ0v) is 12.0. The molecule has 0 aliphatic heterocycles. The summed E-state index contributed by atoms with van der Waals surface area (Å²) in [6, 6.07) is 9.17. The number of carbonyl (C=O) groups is 1. The lowest BCUT2D eigenvalue weighted by Gasteiger charge is -2.14. The molecular weight excluding hydrogens is 254 g/mol. The number of anilines is 1. The Balaban J connectivity index is 2.22. The number of rotatable bonds is 5. The van der Waals surface area contributed by atoms with E-state index in [9.17, 15) is 4.79 Å². The van der Waals surface area contributed by atoms with Gasteiger partial charge in [0.15, 0.2) is 0 Å². The Morgan fingerprint density at radius 1 is 1.40 bits per heavy atom. The van der Waals surface area contributed by atoms with Crippen molar-refractivity contribution >= 4 is 11.7 Å². The molecule has 1 aromatic carbocycles. The lowest BCUT2D eigenvalue weighted by atomic mass is 10.2. The summed E-state index contributed by atoms with van der Waals surface area (Å²) in [4.78, 5) is 12.3. The fraction of sp³-hybridized carbons (Fsp3) is 0.333. The summed E-state index contributed by atoms with van der Waals surface area (Å²) < 4.78 is 7.01. The molecular formula is C15H19N3O2. The average Bonchev–Trinajstić information content (AvgIpc) is 2.94. The summed E-state index contributed by atoms with van der Waals surface area (Å²) in [5.74, 6) is 1.04. The van der Waals surface area contributed by atoms with Gasteiger partial charge in [-0.2, -0.15) is 5.10 Å². The van der Waals surface area contributed by atoms with Gasteiger partial charge in [0, 0.05) is 6.07 Å². The topological polar surface area (TPSA) is 56.2 Å². The smallest absolute Gasteiger partial charge is 0.260 e. The Labute approximate surface area is 118 Å². The zero-order chi connectivity index (χ0) is 14.5. The molecule has 0 saturated carbocycles. The number of nitrogens with zero attached hydrogens (tertiary/aromatic N) is 2. The van der Waals surface area contributed by atoms with E-state index < -0.39 is 0 Å². The number of hydrogen-bond donors (Lipinski definition) is 1. The molecule has 106 valence electrons. The van der Waals surface area contributed by atoms with E-state index in [1.165, 1.54) is 0 Å². The second kappa shape index (κ2) is 6.23. The molecule has 0 radical (unpaired) electrons. The molecule has 2 rings (SSSR count). The molecule has 1 aromatic heterocycles. The van der Waals surface area contributed by atoms with Crippen LogP contribution < -0.4 is 10.1 Å². The summed E-state index contributed by atoms with van der Waals surface area (Å²) in [6.07, 6.45) is 2.63. The van der Waals surface area contributed by atoms with E-state index in [0.717, 1.165) is 6.42 Å². The van der Waals surface area contributed by atoms with E-state index in [2.05, 4.69) is 24.3 Å². The van der Waals surface area contributed by atoms with Crippen molar-refractivity contribution in [1.29, 1.82) is 0 Å². The molecule has 1 atom stereocenters. The molecule has 2 aromatic rings. The molecule has 0 spiro atoms. The van der Waals surface area contributed by atoms with Gasteiger partial charge in [-0.15, -0.1) is 0 Å². The number of para-hydroxylation sites is 1. The molecule has 1 heterocycles. The lowest BCUT2D eigenvalue weighted by molar-refractivity contribution is 0.102. The zero-order valence-electron chi connectivity index (χ0n) is 12.0. The number of benzene rings is 1. The van der Waals surface area contributed by atoms with E-state index in [4.69, 9.17) is 4.74 Å². The highest BCUT2D eigenvalue weighted by atomic mass is 16.5. The van der Waals surface area contributed by atoms with E-state index in [-0.39, 0.29) is 11.9 Å². The Morgan fingerprint density at radius 2 is 2.15 bits per heavy atom. The van der Waals surface area contributed by atoms with E-state index in [0.29, 0.717) is 17.1 Å². The minimum Gasteiger partial charge on any atom is -0.496 e. The number of ether oxygens (including phenoxy) is 1. The second-order valence-corrected chi connectivity index (χ2v) is 4.57. The maximum atomic E-state index is 12.3. The predicted octanol–water partition coefficient (Wildman–Crippen LogP) is 3.12. The summed E-state index contributed by atoms with van der Waals surface area (Å²) >= 11 is 0. The van der Waals surface area contributed by atoms with Gasteiger partial charge >= 0.3 is 0 Å². The van der Waals surface area contributed by atoms with Crippen LogP contribution in [-0.4, -0.2) is 22.8 Å². The quantitative estimate of drug-likeness (QED) is 0.910. The highest BCUT2D eigenvalue weighted by Crippen LogP contribution is 2.21. The van der Waals surface area contributed by atoms with Crippen LogP contribution in [0.15, 0.2) is 36.5 Å². The highest BCUT2D eigenvalue weighted by molar-refractivity contribution is 6.05. The van der Waals surface area contributed by atoms with Gasteiger partial charge in [0.05, 0.1) is 24.9 Å². The number of aromatic nitrogens is 2. The minimum atomic E-state index is -0.201. The molecule has 0 fully saturated rings. The summed E-state index contributed by atoms with van der Waals surface area (Å²) in [5, 5.41) is 7.13. The maximum absolute atomic E-state index is 12.3. The fourth-order valence-electron chi connectivity index (χ4n) is 1.95. The average molecular weight is 273 g/mol. The first-order valence-electron chi connectivity index (χ1n) is 6.65. The van der Waals surface area contributed by atoms with E-state index in [1.54, 1.807) is 31.5 Å². The Morgan fingerprint density at radius 3 is 2.85 bits per heavy atom. The fourth-order valence-corrected chi connectivity index (χ4v) is 1.95. The number of hydrogen-bond acceptors (Lipinski definition) is 3. The van der Waals surface area contributed by atoms with Crippen LogP contribution in [0.25, 0.3) is 0 Å². The molecule has 0 aliphatic carbocycles. The molecule has 0 aliphatic rings. The maximum Gasteiger partial charge on any atom is 0.260 e. The molecule has 0 saturated heterocycles. The van der Waals surface area contributed by atoms with Crippen LogP contribution >= 0.6 is 0 Å². The largest absolute Gasteiger partial charge is 0.496 e. The van der Waals surface area contributed by atoms with Crippen LogP contribution in [0.3, 0.4) is 0 Å². The third kappa shape index (κ3) is 2.82. The van der Waals surface area contributed by atoms with Crippen molar-refractivity contribution in [2.75, 3.05) is 12.4 Å². The molecule has 1 N–H and O–H groups in total. The Bertz CT molecular complexity index is 592. The third-order valence-electron chi connectivity index (χ3n) is 3.27. The SMILES string of the molecule is CC[C@@H](C)n1nccc1NC(=O)c1ccccc1OC. The van der Waals surface area contributed by atoms with Gasteiger partial charge in [-0.05, 0) is 25.5 Å². The summed E-state index contributed by atoms with van der Waals surface area (Å²) in [6.45, 7) is 4.14. The van der Waals surface area contributed by atoms with Gasteiger partial charge in [0.25, 0.3) is 5.91 Å². The summed E-state index contributed by atoms with van der Waals surface area (Å²) in [7, 11) is 1.55. The van der Waals surface area contributed by atoms with Crippen LogP contribution in [-0.2, 0) is 0 Å². The number of amides is 1. The van der Waals surface area contributed by atoms with Gasteiger partial charge in [0.2, 0.25) is 0 Å². The molecule has 20 heavy (non-hydrogen) atoms. The van der Waals surface area contributed by atoms with Crippen LogP contribution in [0, 0.1) is 0 Å². The van der Waals surface area contributed by atoms with Crippen molar-refractivity contribution in [3.05, 3.63) is 42.1 Å². The van der Waals surface area contributed by atoms with Gasteiger partial charge in [-0.3, -0.25) is 4.79 Å². The predicted molar refractivity (Wildman–Crippen MR) is 78.2 cm³/mol. The van der Waals surface area contributed by atoms with E-state index >= 15 is 0 Å². The van der Waals surface area contributed by atoms with Crippen LogP contribution in [0.2, 0.25) is 0 Å². The highest BCUT2D eigenvalue weighted by Gasteiger charge is 2.15. The third-order valence-corrected chi connectivity index (χ3v) is 3.27. The first kappa shape index (κ1) is 14.1. The van der Waals surface area contributed by atoms with Crippen molar-refractivity contribution in [3.63, 3.8) is 0 Å². The summed E-state index contributed by atoms with van der Waals surface area (Å²) in [5.41, 5.74) is 0.506. The molecule has 5 heteroatoms. The van der Waals surface area contributed by atoms with Crippen molar-refractivity contribution in [1.82, 2.24) is 9.78 Å². The normalized spacial score (nSPS) is 11.9. The van der Waals surface area contributed by atoms with Crippen molar-refractivity contribution < 1.29 is 9.53 Å². The number of nitrogens with one attached hydrogen (secondary N) is 1. The van der Waals surface area contributed by atoms with Crippen LogP contribution in [0.4, 0.5) is 5.82 Å². The standard InChI is InChI=1S/C15H19N3O2/c1-4-11(2)18-14(9-10-16-18)17-15(19)12-7-5-6-8-13(12)20-3/h5-11H,4H2,1-3H3,(H,17,19)/t11-/m1/s1. The van der Waals surface area contributed by atoms with Crippen molar-refractivity contribution in [2.45, 2.75) is 26.3 Å².